The maximum absolute atomic E-state index is 13.1. The summed E-state index contributed by atoms with van der Waals surface area (Å²) in [7, 11) is 0. The molecule has 2 amide bonds. The minimum Gasteiger partial charge on any atom is -0.273 e. The maximum Gasteiger partial charge on any atom is 0.246 e. The molecule has 4 bridgehead atoms. The zero-order chi connectivity index (χ0) is 19.6. The molecule has 6 heteroatoms. The van der Waals surface area contributed by atoms with Gasteiger partial charge in [0.2, 0.25) is 11.8 Å². The minimum atomic E-state index is -0.445. The molecule has 4 nitrogen and oxygen atoms in total. The van der Waals surface area contributed by atoms with Crippen molar-refractivity contribution in [2.24, 2.45) is 32.5 Å². The Morgan fingerprint density at radius 2 is 1.00 bits per heavy atom. The Hall–Kier alpha value is -0.100. The highest BCUT2D eigenvalue weighted by atomic mass is 79.9. The van der Waals surface area contributed by atoms with E-state index in [2.05, 4.69) is 84.3 Å². The highest BCUT2D eigenvalue weighted by molar-refractivity contribution is 9.09. The van der Waals surface area contributed by atoms with Gasteiger partial charge in [0.1, 0.15) is 0 Å². The quantitative estimate of drug-likeness (QED) is 0.448. The Kier molecular flexibility index (Phi) is 3.62. The van der Waals surface area contributed by atoms with Gasteiger partial charge >= 0.3 is 0 Å². The Balaban J connectivity index is 1.49. The van der Waals surface area contributed by atoms with Crippen LogP contribution >= 0.6 is 31.9 Å². The van der Waals surface area contributed by atoms with E-state index in [0.29, 0.717) is 0 Å². The Morgan fingerprint density at radius 3 is 1.19 bits per heavy atom. The van der Waals surface area contributed by atoms with Gasteiger partial charge in [-0.1, -0.05) is 73.4 Å². The lowest BCUT2D eigenvalue weighted by atomic mass is 9.43. The van der Waals surface area contributed by atoms with E-state index in [0.717, 1.165) is 25.7 Å². The normalized spacial score (nSPS) is 52.0. The van der Waals surface area contributed by atoms with Crippen LogP contribution in [0, 0.1) is 32.5 Å². The number of fused-ring (bicyclic) bond motifs is 2. The van der Waals surface area contributed by atoms with E-state index in [-0.39, 0.29) is 43.1 Å². The molecule has 0 radical (unpaired) electrons. The third-order valence-electron chi connectivity index (χ3n) is 10.2. The Labute approximate surface area is 173 Å². The summed E-state index contributed by atoms with van der Waals surface area (Å²) in [4.78, 5) is 26.6. The summed E-state index contributed by atoms with van der Waals surface area (Å²) in [6, 6.07) is 0. The number of hydrogen-bond acceptors (Lipinski definition) is 2. The van der Waals surface area contributed by atoms with Gasteiger partial charge in [0.05, 0.1) is 10.8 Å². The lowest BCUT2D eigenvalue weighted by molar-refractivity contribution is -0.170. The first kappa shape index (κ1) is 19.2. The molecule has 0 spiro atoms. The van der Waals surface area contributed by atoms with E-state index >= 15 is 0 Å². The van der Waals surface area contributed by atoms with Crippen LogP contribution in [-0.4, -0.2) is 21.5 Å². The molecular formula is C20H30Br2N2O2. The number of hydrogen-bond donors (Lipinski definition) is 2. The van der Waals surface area contributed by atoms with Gasteiger partial charge in [0.25, 0.3) is 0 Å². The fourth-order valence-electron chi connectivity index (χ4n) is 7.25. The summed E-state index contributed by atoms with van der Waals surface area (Å²) in [5, 5.41) is 0. The Morgan fingerprint density at radius 1 is 0.692 bits per heavy atom. The monoisotopic (exact) mass is 488 g/mol. The molecule has 6 rings (SSSR count). The number of halogens is 2. The van der Waals surface area contributed by atoms with Crippen LogP contribution in [0.15, 0.2) is 0 Å². The van der Waals surface area contributed by atoms with Gasteiger partial charge in [-0.25, -0.2) is 0 Å². The third kappa shape index (κ3) is 1.52. The number of rotatable bonds is 2. The zero-order valence-corrected chi connectivity index (χ0v) is 19.7. The number of alkyl halides is 2. The van der Waals surface area contributed by atoms with Crippen LogP contribution in [0.1, 0.15) is 67.2 Å². The third-order valence-corrected chi connectivity index (χ3v) is 13.8. The smallest absolute Gasteiger partial charge is 0.246 e. The molecule has 0 saturated heterocycles. The number of carbonyl (C=O) groups is 2. The van der Waals surface area contributed by atoms with Crippen molar-refractivity contribution in [2.45, 2.75) is 76.9 Å². The maximum atomic E-state index is 13.1. The summed E-state index contributed by atoms with van der Waals surface area (Å²) >= 11 is 7.58. The molecule has 6 unspecified atom stereocenters. The van der Waals surface area contributed by atoms with Crippen LogP contribution in [-0.2, 0) is 9.59 Å². The van der Waals surface area contributed by atoms with Crippen LogP contribution in [0.5, 0.6) is 0 Å². The van der Waals surface area contributed by atoms with Crippen molar-refractivity contribution in [2.75, 3.05) is 0 Å². The van der Waals surface area contributed by atoms with E-state index in [4.69, 9.17) is 0 Å². The second kappa shape index (κ2) is 4.90. The zero-order valence-electron chi connectivity index (χ0n) is 16.6. The molecule has 0 aromatic carbocycles. The molecule has 2 N–H and O–H groups in total. The average molecular weight is 490 g/mol. The van der Waals surface area contributed by atoms with Gasteiger partial charge in [-0.05, 0) is 47.3 Å². The second-order valence-electron chi connectivity index (χ2n) is 10.7. The minimum absolute atomic E-state index is 0.0480. The summed E-state index contributed by atoms with van der Waals surface area (Å²) in [6.07, 6.45) is 3.81. The van der Waals surface area contributed by atoms with Crippen molar-refractivity contribution in [1.29, 1.82) is 0 Å². The summed E-state index contributed by atoms with van der Waals surface area (Å²) in [6.45, 7) is 13.3. The van der Waals surface area contributed by atoms with Crippen molar-refractivity contribution < 1.29 is 9.59 Å². The topological polar surface area (TPSA) is 58.2 Å². The number of nitrogens with one attached hydrogen (secondary N) is 2. The van der Waals surface area contributed by atoms with Crippen molar-refractivity contribution in [3.63, 3.8) is 0 Å². The van der Waals surface area contributed by atoms with Gasteiger partial charge in [0.15, 0.2) is 0 Å². The SMILES string of the molecule is CC12CCC(C(=O)NNC(=O)C34CCC(C)(C3Br)C4(C)C)(C1Br)C2(C)C. The summed E-state index contributed by atoms with van der Waals surface area (Å²) in [5.41, 5.74) is 4.85. The molecule has 0 aromatic rings. The van der Waals surface area contributed by atoms with Crippen LogP contribution in [0.3, 0.4) is 0 Å². The van der Waals surface area contributed by atoms with E-state index in [1.165, 1.54) is 0 Å². The fraction of sp³-hybridized carbons (Fsp3) is 0.900. The fourth-order valence-corrected chi connectivity index (χ4v) is 10.9. The first-order valence-electron chi connectivity index (χ1n) is 9.66. The van der Waals surface area contributed by atoms with Crippen molar-refractivity contribution >= 4 is 43.7 Å². The molecular weight excluding hydrogens is 460 g/mol. The van der Waals surface area contributed by atoms with Crippen molar-refractivity contribution in [3.05, 3.63) is 0 Å². The average Bonchev–Trinajstić information content (AvgIpc) is 3.17. The predicted octanol–water partition coefficient (Wildman–Crippen LogP) is 4.31. The second-order valence-corrected chi connectivity index (χ2v) is 12.5. The molecule has 26 heavy (non-hydrogen) atoms. The standard InChI is InChI=1S/C20H30Br2N2O2/c1-15(2)17(5)7-9-19(15,11(17)21)13(25)23-24-14(26)20-10-8-18(6,12(20)22)16(20,3)4/h11-12H,7-10H2,1-6H3,(H,23,25)(H,24,26). The van der Waals surface area contributed by atoms with Crippen LogP contribution in [0.4, 0.5) is 0 Å². The number of hydrazine groups is 1. The molecule has 0 aromatic heterocycles. The first-order chi connectivity index (χ1) is 11.8. The van der Waals surface area contributed by atoms with Gasteiger partial charge in [-0.15, -0.1) is 0 Å². The number of amides is 2. The van der Waals surface area contributed by atoms with E-state index < -0.39 is 10.8 Å². The molecule has 6 atom stereocenters. The van der Waals surface area contributed by atoms with Crippen LogP contribution in [0.2, 0.25) is 0 Å². The summed E-state index contributed by atoms with van der Waals surface area (Å²) < 4.78 is 0. The molecule has 0 heterocycles. The lowest BCUT2D eigenvalue weighted by Gasteiger charge is -2.64. The lowest BCUT2D eigenvalue weighted by Crippen LogP contribution is -2.73. The van der Waals surface area contributed by atoms with Gasteiger partial charge in [-0.3, -0.25) is 20.4 Å². The predicted molar refractivity (Wildman–Crippen MR) is 109 cm³/mol. The van der Waals surface area contributed by atoms with Gasteiger partial charge in [0, 0.05) is 9.65 Å². The van der Waals surface area contributed by atoms with E-state index in [1.54, 1.807) is 0 Å². The van der Waals surface area contributed by atoms with Gasteiger partial charge in [-0.2, -0.15) is 0 Å². The highest BCUT2D eigenvalue weighted by Crippen LogP contribution is 2.80. The number of carbonyl (C=O) groups excluding carboxylic acids is 2. The van der Waals surface area contributed by atoms with Crippen molar-refractivity contribution in [1.82, 2.24) is 10.9 Å². The Bertz CT molecular complexity index is 663. The van der Waals surface area contributed by atoms with E-state index in [1.807, 2.05) is 0 Å². The van der Waals surface area contributed by atoms with Crippen molar-refractivity contribution in [3.8, 4) is 0 Å². The van der Waals surface area contributed by atoms with Crippen LogP contribution in [0.25, 0.3) is 0 Å². The molecule has 6 fully saturated rings. The first-order valence-corrected chi connectivity index (χ1v) is 11.5. The molecule has 6 saturated carbocycles. The molecule has 146 valence electrons. The molecule has 0 aliphatic heterocycles. The summed E-state index contributed by atoms with van der Waals surface area (Å²) in [5.74, 6) is -0.0961. The molecule has 6 aliphatic carbocycles. The van der Waals surface area contributed by atoms with Crippen LogP contribution < -0.4 is 10.9 Å². The molecule has 6 aliphatic rings. The van der Waals surface area contributed by atoms with Gasteiger partial charge < -0.3 is 0 Å². The van der Waals surface area contributed by atoms with E-state index in [9.17, 15) is 9.59 Å². The highest BCUT2D eigenvalue weighted by Gasteiger charge is 2.81. The largest absolute Gasteiger partial charge is 0.273 e.